The van der Waals surface area contributed by atoms with Gasteiger partial charge in [0.15, 0.2) is 0 Å². The maximum absolute atomic E-state index is 12.6. The third-order valence-corrected chi connectivity index (χ3v) is 6.06. The number of hydrogen-bond donors (Lipinski definition) is 3. The van der Waals surface area contributed by atoms with E-state index in [0.717, 1.165) is 38.0 Å². The Morgan fingerprint density at radius 1 is 1.32 bits per heavy atom. The van der Waals surface area contributed by atoms with Crippen molar-refractivity contribution >= 4 is 23.7 Å². The molecular formula is C24H39ClN4O5. The summed E-state index contributed by atoms with van der Waals surface area (Å²) >= 11 is 6.15. The van der Waals surface area contributed by atoms with Crippen molar-refractivity contribution in [2.45, 2.75) is 44.2 Å². The molecule has 0 unspecified atom stereocenters. The van der Waals surface area contributed by atoms with Crippen LogP contribution in [0.5, 0.6) is 0 Å². The number of benzene rings is 1. The number of alkyl carbamates (subject to hydrolysis) is 1. The zero-order valence-corrected chi connectivity index (χ0v) is 21.0. The number of methoxy groups -OCH3 is 1. The fraction of sp³-hybridized carbons (Fsp3) is 0.667. The second kappa shape index (κ2) is 15.8. The van der Waals surface area contributed by atoms with E-state index in [-0.39, 0.29) is 18.2 Å². The molecule has 192 valence electrons. The number of ether oxygens (including phenoxy) is 3. The van der Waals surface area contributed by atoms with E-state index in [1.807, 2.05) is 18.2 Å². The van der Waals surface area contributed by atoms with Crippen LogP contribution in [0.25, 0.3) is 0 Å². The summed E-state index contributed by atoms with van der Waals surface area (Å²) in [5.74, 6) is 0.455. The van der Waals surface area contributed by atoms with E-state index in [0.29, 0.717) is 43.6 Å². The number of nitrogens with one attached hydrogen (secondary N) is 2. The first-order valence-corrected chi connectivity index (χ1v) is 12.3. The first-order chi connectivity index (χ1) is 16.4. The highest BCUT2D eigenvalue weighted by atomic mass is 35.5. The standard InChI is InChI=1S/C24H39ClN4O5/c1-29(23(30)28-16-21(26)14-18-6-3-4-12-33-17-18)11-9-22(19-7-5-8-20(25)15-19)34-13-10-27-24(31)32-2/h5,7-8,15,18,21-22H,3-4,6,9-14,16-17,26H2,1-2H3,(H,27,31)(H,28,30)/t18-,21+,22-/m1/s1. The number of hydrogen-bond acceptors (Lipinski definition) is 6. The quantitative estimate of drug-likeness (QED) is 0.381. The van der Waals surface area contributed by atoms with E-state index in [4.69, 9.17) is 26.8 Å². The van der Waals surface area contributed by atoms with Gasteiger partial charge in [-0.3, -0.25) is 0 Å². The number of nitrogens with two attached hydrogens (primary N) is 1. The lowest BCUT2D eigenvalue weighted by molar-refractivity contribution is 0.0439. The van der Waals surface area contributed by atoms with Gasteiger partial charge in [0.25, 0.3) is 0 Å². The lowest BCUT2D eigenvalue weighted by Crippen LogP contribution is -2.44. The number of carbonyl (C=O) groups is 2. The molecule has 0 radical (unpaired) electrons. The number of amides is 3. The van der Waals surface area contributed by atoms with Crippen molar-refractivity contribution in [1.29, 1.82) is 0 Å². The molecule has 1 heterocycles. The third kappa shape index (κ3) is 10.9. The Labute approximate surface area is 207 Å². The fourth-order valence-electron chi connectivity index (χ4n) is 3.91. The predicted molar refractivity (Wildman–Crippen MR) is 132 cm³/mol. The van der Waals surface area contributed by atoms with Crippen molar-refractivity contribution < 1.29 is 23.8 Å². The van der Waals surface area contributed by atoms with Crippen LogP contribution in [0.15, 0.2) is 24.3 Å². The minimum Gasteiger partial charge on any atom is -0.453 e. The Morgan fingerprint density at radius 3 is 2.91 bits per heavy atom. The van der Waals surface area contributed by atoms with Crippen molar-refractivity contribution in [2.24, 2.45) is 11.7 Å². The normalized spacial score (nSPS) is 17.8. The summed E-state index contributed by atoms with van der Waals surface area (Å²) in [5, 5.41) is 6.13. The van der Waals surface area contributed by atoms with Crippen molar-refractivity contribution in [3.63, 3.8) is 0 Å². The molecule has 0 aliphatic carbocycles. The molecule has 0 bridgehead atoms. The van der Waals surface area contributed by atoms with E-state index in [1.165, 1.54) is 13.5 Å². The smallest absolute Gasteiger partial charge is 0.406 e. The second-order valence-electron chi connectivity index (χ2n) is 8.66. The van der Waals surface area contributed by atoms with Gasteiger partial charge < -0.3 is 35.5 Å². The average Bonchev–Trinajstić information content (AvgIpc) is 3.10. The molecule has 1 saturated heterocycles. The lowest BCUT2D eigenvalue weighted by atomic mass is 9.96. The van der Waals surface area contributed by atoms with Crippen LogP contribution in [0, 0.1) is 5.92 Å². The molecule has 2 rings (SSSR count). The Morgan fingerprint density at radius 2 is 2.15 bits per heavy atom. The molecule has 3 atom stereocenters. The Balaban J connectivity index is 1.79. The first kappa shape index (κ1) is 28.2. The van der Waals surface area contributed by atoms with Gasteiger partial charge in [0.1, 0.15) is 0 Å². The van der Waals surface area contributed by atoms with Gasteiger partial charge in [0.05, 0.1) is 19.8 Å². The summed E-state index contributed by atoms with van der Waals surface area (Å²) in [5.41, 5.74) is 7.16. The van der Waals surface area contributed by atoms with Gasteiger partial charge in [0, 0.05) is 51.0 Å². The molecule has 9 nitrogen and oxygen atoms in total. The summed E-state index contributed by atoms with van der Waals surface area (Å²) in [6.07, 6.45) is 4.01. The summed E-state index contributed by atoms with van der Waals surface area (Å²) in [6, 6.07) is 7.15. The van der Waals surface area contributed by atoms with Crippen LogP contribution in [-0.4, -0.2) is 76.7 Å². The maximum Gasteiger partial charge on any atom is 0.406 e. The molecule has 0 spiro atoms. The lowest BCUT2D eigenvalue weighted by Gasteiger charge is -2.24. The highest BCUT2D eigenvalue weighted by molar-refractivity contribution is 6.30. The summed E-state index contributed by atoms with van der Waals surface area (Å²) in [4.78, 5) is 25.4. The van der Waals surface area contributed by atoms with Gasteiger partial charge in [-0.15, -0.1) is 0 Å². The minimum absolute atomic E-state index is 0.103. The molecule has 4 N–H and O–H groups in total. The first-order valence-electron chi connectivity index (χ1n) is 11.9. The largest absolute Gasteiger partial charge is 0.453 e. The van der Waals surface area contributed by atoms with E-state index < -0.39 is 6.09 Å². The van der Waals surface area contributed by atoms with Gasteiger partial charge in [0.2, 0.25) is 0 Å². The number of rotatable bonds is 12. The van der Waals surface area contributed by atoms with Crippen LogP contribution in [0.2, 0.25) is 5.02 Å². The average molecular weight is 499 g/mol. The van der Waals surface area contributed by atoms with Gasteiger partial charge >= 0.3 is 12.1 Å². The third-order valence-electron chi connectivity index (χ3n) is 5.83. The van der Waals surface area contributed by atoms with Crippen LogP contribution in [0.3, 0.4) is 0 Å². The van der Waals surface area contributed by atoms with Crippen LogP contribution in [0.4, 0.5) is 9.59 Å². The molecule has 0 saturated carbocycles. The Kier molecular flexibility index (Phi) is 13.1. The molecule has 1 aromatic carbocycles. The van der Waals surface area contributed by atoms with Gasteiger partial charge in [-0.2, -0.15) is 0 Å². The molecule has 1 aliphatic heterocycles. The van der Waals surface area contributed by atoms with Gasteiger partial charge in [-0.25, -0.2) is 9.59 Å². The predicted octanol–water partition coefficient (Wildman–Crippen LogP) is 3.32. The summed E-state index contributed by atoms with van der Waals surface area (Å²) in [6.45, 7) is 3.08. The molecule has 10 heteroatoms. The van der Waals surface area contributed by atoms with Crippen molar-refractivity contribution in [2.75, 3.05) is 53.6 Å². The second-order valence-corrected chi connectivity index (χ2v) is 9.10. The van der Waals surface area contributed by atoms with Gasteiger partial charge in [-0.1, -0.05) is 30.2 Å². The Bertz CT molecular complexity index is 746. The molecular weight excluding hydrogens is 460 g/mol. The molecule has 34 heavy (non-hydrogen) atoms. The van der Waals surface area contributed by atoms with Crippen LogP contribution < -0.4 is 16.4 Å². The van der Waals surface area contributed by atoms with Crippen LogP contribution >= 0.6 is 11.6 Å². The van der Waals surface area contributed by atoms with Crippen LogP contribution in [-0.2, 0) is 14.2 Å². The highest BCUT2D eigenvalue weighted by Crippen LogP contribution is 2.24. The molecule has 1 fully saturated rings. The fourth-order valence-corrected chi connectivity index (χ4v) is 4.11. The number of nitrogens with zero attached hydrogens (tertiary/aromatic N) is 1. The maximum atomic E-state index is 12.6. The topological polar surface area (TPSA) is 115 Å². The molecule has 1 aromatic rings. The van der Waals surface area contributed by atoms with Crippen molar-refractivity contribution in [3.8, 4) is 0 Å². The number of halogens is 1. The summed E-state index contributed by atoms with van der Waals surface area (Å²) < 4.78 is 16.2. The molecule has 3 amide bonds. The minimum atomic E-state index is -0.510. The zero-order chi connectivity index (χ0) is 24.8. The molecule has 0 aromatic heterocycles. The highest BCUT2D eigenvalue weighted by Gasteiger charge is 2.19. The monoisotopic (exact) mass is 498 g/mol. The van der Waals surface area contributed by atoms with E-state index in [1.54, 1.807) is 18.0 Å². The van der Waals surface area contributed by atoms with Crippen molar-refractivity contribution in [1.82, 2.24) is 15.5 Å². The number of carbonyl (C=O) groups excluding carboxylic acids is 2. The van der Waals surface area contributed by atoms with E-state index in [9.17, 15) is 9.59 Å². The SMILES string of the molecule is COC(=O)NCCO[C@H](CCN(C)C(=O)NC[C@@H](N)C[C@H]1CCCCOC1)c1cccc(Cl)c1. The zero-order valence-electron chi connectivity index (χ0n) is 20.3. The van der Waals surface area contributed by atoms with E-state index >= 15 is 0 Å². The van der Waals surface area contributed by atoms with E-state index in [2.05, 4.69) is 15.4 Å². The van der Waals surface area contributed by atoms with Gasteiger partial charge in [-0.05, 0) is 49.3 Å². The van der Waals surface area contributed by atoms with Crippen molar-refractivity contribution in [3.05, 3.63) is 34.9 Å². The van der Waals surface area contributed by atoms with Crippen LogP contribution in [0.1, 0.15) is 43.8 Å². The Hall–Kier alpha value is -2.07. The number of urea groups is 1. The molecule has 1 aliphatic rings. The summed E-state index contributed by atoms with van der Waals surface area (Å²) in [7, 11) is 3.05.